The minimum absolute atomic E-state index is 0.142. The SMILES string of the molecule is Cc1cccc(NC(=O)Nc2cccc(-c3c(-c4ccnc(N)n4)[nH]c4c3C(=O)NCC4)c2)c1. The highest BCUT2D eigenvalue weighted by atomic mass is 16.2. The van der Waals surface area contributed by atoms with Gasteiger partial charge in [-0.1, -0.05) is 24.3 Å². The third-order valence-electron chi connectivity index (χ3n) is 5.58. The number of nitrogens with zero attached hydrogens (tertiary/aromatic N) is 2. The van der Waals surface area contributed by atoms with Crippen LogP contribution in [0.1, 0.15) is 21.6 Å². The molecular weight excluding hydrogens is 430 g/mol. The largest absolute Gasteiger partial charge is 0.368 e. The predicted molar refractivity (Wildman–Crippen MR) is 132 cm³/mol. The minimum atomic E-state index is -0.361. The van der Waals surface area contributed by atoms with E-state index in [-0.39, 0.29) is 17.9 Å². The van der Waals surface area contributed by atoms with Crippen LogP contribution in [0, 0.1) is 6.92 Å². The van der Waals surface area contributed by atoms with E-state index in [1.165, 1.54) is 0 Å². The second-order valence-corrected chi connectivity index (χ2v) is 8.06. The van der Waals surface area contributed by atoms with Gasteiger partial charge in [0.25, 0.3) is 5.91 Å². The molecule has 0 fully saturated rings. The van der Waals surface area contributed by atoms with Gasteiger partial charge in [0.15, 0.2) is 0 Å². The molecule has 0 radical (unpaired) electrons. The molecule has 0 atom stereocenters. The molecule has 2 aromatic heterocycles. The first-order valence-corrected chi connectivity index (χ1v) is 10.8. The van der Waals surface area contributed by atoms with Crippen molar-refractivity contribution < 1.29 is 9.59 Å². The van der Waals surface area contributed by atoms with E-state index in [1.807, 2.05) is 49.4 Å². The normalized spacial score (nSPS) is 12.6. The second-order valence-electron chi connectivity index (χ2n) is 8.06. The van der Waals surface area contributed by atoms with E-state index in [1.54, 1.807) is 18.3 Å². The number of amides is 3. The molecule has 9 nitrogen and oxygen atoms in total. The lowest BCUT2D eigenvalue weighted by molar-refractivity contribution is 0.0946. The van der Waals surface area contributed by atoms with Crippen LogP contribution in [0.3, 0.4) is 0 Å². The van der Waals surface area contributed by atoms with E-state index in [2.05, 4.69) is 30.9 Å². The Labute approximate surface area is 195 Å². The number of carbonyl (C=O) groups is 2. The zero-order valence-electron chi connectivity index (χ0n) is 18.5. The van der Waals surface area contributed by atoms with Crippen LogP contribution < -0.4 is 21.7 Å². The third kappa shape index (κ3) is 4.18. The number of nitrogen functional groups attached to an aromatic ring is 1. The minimum Gasteiger partial charge on any atom is -0.368 e. The number of urea groups is 1. The molecule has 0 unspecified atom stereocenters. The maximum absolute atomic E-state index is 12.8. The molecule has 9 heteroatoms. The smallest absolute Gasteiger partial charge is 0.323 e. The zero-order valence-corrected chi connectivity index (χ0v) is 18.5. The summed E-state index contributed by atoms with van der Waals surface area (Å²) in [5, 5.41) is 8.61. The van der Waals surface area contributed by atoms with Gasteiger partial charge in [0, 0.05) is 41.8 Å². The third-order valence-corrected chi connectivity index (χ3v) is 5.58. The summed E-state index contributed by atoms with van der Waals surface area (Å²) < 4.78 is 0. The van der Waals surface area contributed by atoms with Crippen LogP contribution in [0.4, 0.5) is 22.1 Å². The number of hydrogen-bond acceptors (Lipinski definition) is 5. The van der Waals surface area contributed by atoms with Crippen molar-refractivity contribution in [2.24, 2.45) is 0 Å². The molecular formula is C25H23N7O2. The number of aromatic amines is 1. The number of aryl methyl sites for hydroxylation is 1. The number of aromatic nitrogens is 3. The quantitative estimate of drug-likeness (QED) is 0.318. The lowest BCUT2D eigenvalue weighted by Gasteiger charge is -2.15. The van der Waals surface area contributed by atoms with Gasteiger partial charge >= 0.3 is 6.03 Å². The van der Waals surface area contributed by atoms with Gasteiger partial charge in [-0.25, -0.2) is 14.8 Å². The number of H-pyrrole nitrogens is 1. The first-order chi connectivity index (χ1) is 16.5. The van der Waals surface area contributed by atoms with Gasteiger partial charge in [-0.2, -0.15) is 0 Å². The number of carbonyl (C=O) groups excluding carboxylic acids is 2. The van der Waals surface area contributed by atoms with Gasteiger partial charge in [0.2, 0.25) is 5.95 Å². The molecule has 0 saturated heterocycles. The summed E-state index contributed by atoms with van der Waals surface area (Å²) in [6, 6.07) is 16.3. The highest BCUT2D eigenvalue weighted by Gasteiger charge is 2.28. The molecule has 1 aliphatic rings. The second kappa shape index (κ2) is 8.70. The van der Waals surface area contributed by atoms with Crippen LogP contribution in [-0.4, -0.2) is 33.4 Å². The molecule has 4 aromatic rings. The van der Waals surface area contributed by atoms with Crippen molar-refractivity contribution in [2.75, 3.05) is 22.9 Å². The van der Waals surface area contributed by atoms with E-state index in [0.717, 1.165) is 16.8 Å². The van der Waals surface area contributed by atoms with Crippen LogP contribution in [0.25, 0.3) is 22.5 Å². The topological polar surface area (TPSA) is 138 Å². The Bertz CT molecular complexity index is 1410. The Balaban J connectivity index is 1.52. The lowest BCUT2D eigenvalue weighted by atomic mass is 9.96. The van der Waals surface area contributed by atoms with Gasteiger partial charge in [-0.3, -0.25) is 4.79 Å². The highest BCUT2D eigenvalue weighted by molar-refractivity contribution is 6.07. The Hall–Kier alpha value is -4.66. The van der Waals surface area contributed by atoms with Crippen LogP contribution in [0.5, 0.6) is 0 Å². The number of hydrogen-bond donors (Lipinski definition) is 5. The van der Waals surface area contributed by atoms with Crippen molar-refractivity contribution in [3.05, 3.63) is 77.6 Å². The number of nitrogens with one attached hydrogen (secondary N) is 4. The standard InChI is InChI=1S/C25H23N7O2/c1-14-4-2-6-16(12-14)29-25(34)30-17-7-3-5-15(13-17)20-21-18(8-10-27-23(21)33)31-22(20)19-9-11-28-24(26)32-19/h2-7,9,11-13,31H,8,10H2,1H3,(H,27,33)(H2,26,28,32)(H2,29,30,34). The van der Waals surface area contributed by atoms with Crippen molar-refractivity contribution in [1.82, 2.24) is 20.3 Å². The lowest BCUT2D eigenvalue weighted by Crippen LogP contribution is -2.31. The van der Waals surface area contributed by atoms with E-state index >= 15 is 0 Å². The maximum Gasteiger partial charge on any atom is 0.323 e. The van der Waals surface area contributed by atoms with Crippen molar-refractivity contribution in [3.8, 4) is 22.5 Å². The Kier molecular flexibility index (Phi) is 5.43. The molecule has 0 bridgehead atoms. The summed E-state index contributed by atoms with van der Waals surface area (Å²) in [5.41, 5.74) is 12.3. The zero-order chi connectivity index (χ0) is 23.7. The first-order valence-electron chi connectivity index (χ1n) is 10.8. The number of nitrogens with two attached hydrogens (primary N) is 1. The number of fused-ring (bicyclic) bond motifs is 1. The first kappa shape index (κ1) is 21.2. The average molecular weight is 454 g/mol. The summed E-state index contributed by atoms with van der Waals surface area (Å²) in [5.74, 6) is -0.0139. The molecule has 2 aromatic carbocycles. The molecule has 0 saturated carbocycles. The molecule has 170 valence electrons. The Morgan fingerprint density at radius 3 is 2.56 bits per heavy atom. The van der Waals surface area contributed by atoms with Crippen molar-refractivity contribution in [3.63, 3.8) is 0 Å². The fraction of sp³-hybridized carbons (Fsp3) is 0.120. The van der Waals surface area contributed by atoms with Crippen LogP contribution in [-0.2, 0) is 6.42 Å². The Morgan fingerprint density at radius 1 is 1.03 bits per heavy atom. The molecule has 0 spiro atoms. The van der Waals surface area contributed by atoms with E-state index in [4.69, 9.17) is 5.73 Å². The molecule has 3 heterocycles. The highest BCUT2D eigenvalue weighted by Crippen LogP contribution is 2.38. The molecule has 3 amide bonds. The van der Waals surface area contributed by atoms with Gasteiger partial charge in [0.1, 0.15) is 0 Å². The number of anilines is 3. The van der Waals surface area contributed by atoms with Crippen molar-refractivity contribution in [2.45, 2.75) is 13.3 Å². The molecule has 5 rings (SSSR count). The van der Waals surface area contributed by atoms with Gasteiger partial charge < -0.3 is 26.7 Å². The average Bonchev–Trinajstić information content (AvgIpc) is 3.20. The van der Waals surface area contributed by atoms with Crippen LogP contribution in [0.15, 0.2) is 60.8 Å². The number of rotatable bonds is 4. The summed E-state index contributed by atoms with van der Waals surface area (Å²) in [6.07, 6.45) is 2.25. The molecule has 6 N–H and O–H groups in total. The van der Waals surface area contributed by atoms with Crippen molar-refractivity contribution in [1.29, 1.82) is 0 Å². The van der Waals surface area contributed by atoms with E-state index in [9.17, 15) is 9.59 Å². The fourth-order valence-electron chi connectivity index (χ4n) is 4.14. The van der Waals surface area contributed by atoms with Gasteiger partial charge in [-0.15, -0.1) is 0 Å². The van der Waals surface area contributed by atoms with Crippen LogP contribution in [0.2, 0.25) is 0 Å². The van der Waals surface area contributed by atoms with Gasteiger partial charge in [0.05, 0.1) is 17.0 Å². The fourth-order valence-corrected chi connectivity index (χ4v) is 4.14. The van der Waals surface area contributed by atoms with Crippen molar-refractivity contribution >= 4 is 29.3 Å². The monoisotopic (exact) mass is 453 g/mol. The van der Waals surface area contributed by atoms with Crippen LogP contribution >= 0.6 is 0 Å². The maximum atomic E-state index is 12.8. The van der Waals surface area contributed by atoms with E-state index in [0.29, 0.717) is 46.9 Å². The molecule has 0 aliphatic carbocycles. The summed E-state index contributed by atoms with van der Waals surface area (Å²) >= 11 is 0. The summed E-state index contributed by atoms with van der Waals surface area (Å²) in [7, 11) is 0. The predicted octanol–water partition coefficient (Wildman–Crippen LogP) is 3.96. The Morgan fingerprint density at radius 2 is 1.79 bits per heavy atom. The summed E-state index contributed by atoms with van der Waals surface area (Å²) in [4.78, 5) is 37.1. The number of benzene rings is 2. The van der Waals surface area contributed by atoms with Gasteiger partial charge in [-0.05, 0) is 48.4 Å². The summed E-state index contributed by atoms with van der Waals surface area (Å²) in [6.45, 7) is 2.51. The molecule has 1 aliphatic heterocycles. The molecule has 34 heavy (non-hydrogen) atoms. The van der Waals surface area contributed by atoms with E-state index < -0.39 is 0 Å².